The van der Waals surface area contributed by atoms with Crippen LogP contribution in [0.25, 0.3) is 0 Å². The summed E-state index contributed by atoms with van der Waals surface area (Å²) in [6.07, 6.45) is 5.10. The molecular formula is C16H19N3Ni. The summed E-state index contributed by atoms with van der Waals surface area (Å²) in [4.78, 5) is 13.1. The minimum atomic E-state index is 0. The van der Waals surface area contributed by atoms with Gasteiger partial charge in [-0.15, -0.1) is 0 Å². The average molecular weight is 312 g/mol. The van der Waals surface area contributed by atoms with Crippen LogP contribution < -0.4 is 0 Å². The zero-order valence-electron chi connectivity index (χ0n) is 12.2. The van der Waals surface area contributed by atoms with Crippen LogP contribution in [0.15, 0.2) is 41.8 Å². The Morgan fingerprint density at radius 2 is 1.95 bits per heavy atom. The molecule has 0 aliphatic heterocycles. The molecule has 0 amide bonds. The molecule has 1 aromatic carbocycles. The smallest absolute Gasteiger partial charge is 0.102 e. The predicted octanol–water partition coefficient (Wildman–Crippen LogP) is 4.05. The molecule has 3 nitrogen and oxygen atoms in total. The molecule has 0 unspecified atom stereocenters. The first-order valence-electron chi connectivity index (χ1n) is 6.50. The number of aliphatic imine (C=N–C) groups is 1. The Hall–Kier alpha value is -1.54. The summed E-state index contributed by atoms with van der Waals surface area (Å²) in [5, 5.41) is 0. The van der Waals surface area contributed by atoms with E-state index in [1.807, 2.05) is 6.92 Å². The third-order valence-corrected chi connectivity index (χ3v) is 3.03. The molecule has 2 rings (SSSR count). The first-order chi connectivity index (χ1) is 9.08. The number of hydrogen-bond donors (Lipinski definition) is 0. The van der Waals surface area contributed by atoms with Gasteiger partial charge in [0.2, 0.25) is 0 Å². The van der Waals surface area contributed by atoms with Gasteiger partial charge in [-0.05, 0) is 37.0 Å². The van der Waals surface area contributed by atoms with Gasteiger partial charge < -0.3 is 0 Å². The molecule has 0 aliphatic carbocycles. The predicted molar refractivity (Wildman–Crippen MR) is 79.2 cm³/mol. The Bertz CT molecular complexity index is 592. The average Bonchev–Trinajstić information content (AvgIpc) is 2.39. The second kappa shape index (κ2) is 7.30. The van der Waals surface area contributed by atoms with E-state index in [-0.39, 0.29) is 16.5 Å². The molecule has 1 aromatic heterocycles. The normalized spacial score (nSPS) is 11.3. The molecule has 0 atom stereocenters. The third-order valence-electron chi connectivity index (χ3n) is 3.03. The second-order valence-corrected chi connectivity index (χ2v) is 5.00. The van der Waals surface area contributed by atoms with Crippen molar-refractivity contribution >= 4 is 11.4 Å². The van der Waals surface area contributed by atoms with Gasteiger partial charge in [0.15, 0.2) is 0 Å². The van der Waals surface area contributed by atoms with Gasteiger partial charge in [0.25, 0.3) is 0 Å². The summed E-state index contributed by atoms with van der Waals surface area (Å²) in [6.45, 7) is 8.42. The van der Waals surface area contributed by atoms with E-state index in [0.29, 0.717) is 5.92 Å². The van der Waals surface area contributed by atoms with E-state index in [4.69, 9.17) is 4.99 Å². The fraction of sp³-hybridized carbons (Fsp3) is 0.312. The van der Waals surface area contributed by atoms with Crippen molar-refractivity contribution in [2.75, 3.05) is 0 Å². The van der Waals surface area contributed by atoms with E-state index >= 15 is 0 Å². The van der Waals surface area contributed by atoms with E-state index < -0.39 is 0 Å². The Balaban J connectivity index is 0.00000200. The minimum absolute atomic E-state index is 0. The number of benzene rings is 1. The van der Waals surface area contributed by atoms with E-state index in [9.17, 15) is 0 Å². The van der Waals surface area contributed by atoms with Crippen molar-refractivity contribution in [2.24, 2.45) is 4.99 Å². The molecule has 108 valence electrons. The maximum atomic E-state index is 4.73. The molecule has 0 radical (unpaired) electrons. The Morgan fingerprint density at radius 1 is 1.20 bits per heavy atom. The fourth-order valence-corrected chi connectivity index (χ4v) is 1.96. The van der Waals surface area contributed by atoms with Crippen molar-refractivity contribution in [2.45, 2.75) is 33.6 Å². The molecule has 0 saturated carbocycles. The van der Waals surface area contributed by atoms with Crippen LogP contribution in [0.5, 0.6) is 0 Å². The first-order valence-corrected chi connectivity index (χ1v) is 6.50. The van der Waals surface area contributed by atoms with Crippen LogP contribution in [0.1, 0.15) is 43.5 Å². The van der Waals surface area contributed by atoms with Crippen molar-refractivity contribution in [3.8, 4) is 0 Å². The number of nitrogens with zero attached hydrogens (tertiary/aromatic N) is 3. The minimum Gasteiger partial charge on any atom is -0.261 e. The summed E-state index contributed by atoms with van der Waals surface area (Å²) in [5.41, 5.74) is 5.21. The van der Waals surface area contributed by atoms with Crippen molar-refractivity contribution in [3.63, 3.8) is 0 Å². The maximum absolute atomic E-state index is 4.73. The topological polar surface area (TPSA) is 38.1 Å². The molecule has 0 spiro atoms. The van der Waals surface area contributed by atoms with Crippen LogP contribution in [0.2, 0.25) is 0 Å². The summed E-state index contributed by atoms with van der Waals surface area (Å²) >= 11 is 0. The van der Waals surface area contributed by atoms with E-state index in [2.05, 4.69) is 48.9 Å². The SMILES string of the molecule is CC(=Nc1cc(C)ccc1C(C)C)c1cnccn1.[Ni]. The van der Waals surface area contributed by atoms with Gasteiger partial charge >= 0.3 is 0 Å². The monoisotopic (exact) mass is 311 g/mol. The number of aromatic nitrogens is 2. The van der Waals surface area contributed by atoms with Crippen molar-refractivity contribution < 1.29 is 16.5 Å². The van der Waals surface area contributed by atoms with Crippen molar-refractivity contribution in [1.29, 1.82) is 0 Å². The molecule has 0 fully saturated rings. The largest absolute Gasteiger partial charge is 0.261 e. The maximum Gasteiger partial charge on any atom is 0.102 e. The van der Waals surface area contributed by atoms with Crippen LogP contribution in [0, 0.1) is 6.92 Å². The van der Waals surface area contributed by atoms with Gasteiger partial charge in [0.1, 0.15) is 5.69 Å². The van der Waals surface area contributed by atoms with Crippen molar-refractivity contribution in [1.82, 2.24) is 9.97 Å². The van der Waals surface area contributed by atoms with Gasteiger partial charge in [-0.3, -0.25) is 15.0 Å². The van der Waals surface area contributed by atoms with Crippen LogP contribution in [0.3, 0.4) is 0 Å². The summed E-state index contributed by atoms with van der Waals surface area (Å²) in [5.74, 6) is 0.453. The quantitative estimate of drug-likeness (QED) is 0.633. The number of aryl methyl sites for hydroxylation is 1. The summed E-state index contributed by atoms with van der Waals surface area (Å²) in [7, 11) is 0. The Labute approximate surface area is 130 Å². The molecule has 20 heavy (non-hydrogen) atoms. The second-order valence-electron chi connectivity index (χ2n) is 5.00. The first kappa shape index (κ1) is 16.5. The molecule has 2 aromatic rings. The molecular weight excluding hydrogens is 293 g/mol. The van der Waals surface area contributed by atoms with Gasteiger partial charge in [0, 0.05) is 28.9 Å². The van der Waals surface area contributed by atoms with E-state index in [0.717, 1.165) is 17.1 Å². The molecule has 0 N–H and O–H groups in total. The van der Waals surface area contributed by atoms with Gasteiger partial charge in [-0.1, -0.05) is 26.0 Å². The molecule has 0 aliphatic rings. The van der Waals surface area contributed by atoms with Crippen LogP contribution in [-0.2, 0) is 16.5 Å². The number of rotatable bonds is 3. The Morgan fingerprint density at radius 3 is 2.55 bits per heavy atom. The van der Waals surface area contributed by atoms with Crippen LogP contribution >= 0.6 is 0 Å². The molecule has 0 bridgehead atoms. The van der Waals surface area contributed by atoms with Crippen LogP contribution in [0.4, 0.5) is 5.69 Å². The fourth-order valence-electron chi connectivity index (χ4n) is 1.96. The zero-order chi connectivity index (χ0) is 13.8. The van der Waals surface area contributed by atoms with Gasteiger partial charge in [-0.25, -0.2) is 0 Å². The third kappa shape index (κ3) is 3.98. The molecule has 4 heteroatoms. The summed E-state index contributed by atoms with van der Waals surface area (Å²) in [6, 6.07) is 6.41. The van der Waals surface area contributed by atoms with E-state index in [1.165, 1.54) is 11.1 Å². The van der Waals surface area contributed by atoms with Gasteiger partial charge in [-0.2, -0.15) is 0 Å². The van der Waals surface area contributed by atoms with Crippen molar-refractivity contribution in [3.05, 3.63) is 53.6 Å². The zero-order valence-corrected chi connectivity index (χ0v) is 13.2. The van der Waals surface area contributed by atoms with E-state index in [1.54, 1.807) is 18.6 Å². The Kier molecular flexibility index (Phi) is 6.03. The molecule has 0 saturated heterocycles. The standard InChI is InChI=1S/C16H19N3.Ni/c1-11(2)14-6-5-12(3)9-15(14)19-13(4)16-10-17-7-8-18-16;/h5-11H,1-4H3;. The van der Waals surface area contributed by atoms with Crippen LogP contribution in [-0.4, -0.2) is 15.7 Å². The van der Waals surface area contributed by atoms with Gasteiger partial charge in [0.05, 0.1) is 17.6 Å². The number of hydrogen-bond acceptors (Lipinski definition) is 3. The summed E-state index contributed by atoms with van der Waals surface area (Å²) < 4.78 is 0. The molecule has 1 heterocycles.